The lowest BCUT2D eigenvalue weighted by Gasteiger charge is -2.55. The average Bonchev–Trinajstić information content (AvgIpc) is 3.48. The zero-order valence-corrected chi connectivity index (χ0v) is 24.7. The number of hydrogen-bond acceptors (Lipinski definition) is 11. The van der Waals surface area contributed by atoms with Crippen LogP contribution in [0.5, 0.6) is 0 Å². The fourth-order valence-electron chi connectivity index (χ4n) is 7.09. The van der Waals surface area contributed by atoms with Crippen molar-refractivity contribution in [3.63, 3.8) is 0 Å². The Bertz CT molecular complexity index is 1110. The fourth-order valence-corrected chi connectivity index (χ4v) is 7.09. The average molecular weight is 581 g/mol. The van der Waals surface area contributed by atoms with Gasteiger partial charge in [-0.25, -0.2) is 4.79 Å². The topological polar surface area (TPSA) is 172 Å². The first-order chi connectivity index (χ1) is 19.1. The van der Waals surface area contributed by atoms with Crippen molar-refractivity contribution in [1.29, 1.82) is 0 Å². The fraction of sp³-hybridized carbons (Fsp3) is 0.767. The highest BCUT2D eigenvalue weighted by Crippen LogP contribution is 2.65. The van der Waals surface area contributed by atoms with Crippen LogP contribution in [0, 0.1) is 11.3 Å². The maximum absolute atomic E-state index is 13.1. The SMILES string of the molecule is CCCCCCCC(=O)OC1C(C)=CC2OC(=O)C3(C)OC23C(OC(C)=O)C2C(C)(O)C(O)C=CC2(C)C(O)C1O. The summed E-state index contributed by atoms with van der Waals surface area (Å²) >= 11 is 0. The van der Waals surface area contributed by atoms with E-state index >= 15 is 0 Å². The molecule has 0 amide bonds. The second-order valence-corrected chi connectivity index (χ2v) is 12.6. The van der Waals surface area contributed by atoms with Gasteiger partial charge in [0.05, 0.1) is 11.7 Å². The number of esters is 3. The number of aliphatic hydroxyl groups excluding tert-OH is 3. The molecular formula is C30H44O11. The molecule has 0 saturated carbocycles. The van der Waals surface area contributed by atoms with Gasteiger partial charge in [-0.05, 0) is 38.8 Å². The third-order valence-electron chi connectivity index (χ3n) is 9.55. The zero-order chi connectivity index (χ0) is 30.5. The Kier molecular flexibility index (Phi) is 8.54. The number of carbonyl (C=O) groups is 3. The minimum absolute atomic E-state index is 0.120. The smallest absolute Gasteiger partial charge is 0.342 e. The summed E-state index contributed by atoms with van der Waals surface area (Å²) in [6.07, 6.45) is 0.148. The summed E-state index contributed by atoms with van der Waals surface area (Å²) in [5.74, 6) is -3.35. The predicted molar refractivity (Wildman–Crippen MR) is 144 cm³/mol. The molecule has 0 bridgehead atoms. The highest BCUT2D eigenvalue weighted by molar-refractivity contribution is 5.89. The van der Waals surface area contributed by atoms with Gasteiger partial charge in [0.1, 0.15) is 18.3 Å². The van der Waals surface area contributed by atoms with E-state index in [2.05, 4.69) is 6.92 Å². The molecular weight excluding hydrogens is 536 g/mol. The van der Waals surface area contributed by atoms with Gasteiger partial charge in [0.25, 0.3) is 0 Å². The molecule has 11 atom stereocenters. The third-order valence-corrected chi connectivity index (χ3v) is 9.55. The molecule has 2 saturated heterocycles. The molecule has 2 heterocycles. The number of rotatable bonds is 8. The summed E-state index contributed by atoms with van der Waals surface area (Å²) in [5, 5.41) is 45.9. The van der Waals surface area contributed by atoms with Crippen LogP contribution in [0.25, 0.3) is 0 Å². The van der Waals surface area contributed by atoms with E-state index in [1.807, 2.05) is 0 Å². The molecule has 2 aliphatic carbocycles. The maximum atomic E-state index is 13.1. The van der Waals surface area contributed by atoms with Crippen LogP contribution in [-0.4, -0.2) is 91.8 Å². The highest BCUT2D eigenvalue weighted by atomic mass is 16.7. The van der Waals surface area contributed by atoms with E-state index in [1.165, 1.54) is 39.0 Å². The summed E-state index contributed by atoms with van der Waals surface area (Å²) in [5.41, 5.74) is -6.52. The van der Waals surface area contributed by atoms with Crippen molar-refractivity contribution in [1.82, 2.24) is 0 Å². The Balaban J connectivity index is 1.82. The number of fused-ring (bicyclic) bond motifs is 1. The summed E-state index contributed by atoms with van der Waals surface area (Å²) in [4.78, 5) is 38.4. The second-order valence-electron chi connectivity index (χ2n) is 12.6. The minimum atomic E-state index is -2.04. The maximum Gasteiger partial charge on any atom is 0.342 e. The van der Waals surface area contributed by atoms with Gasteiger partial charge in [0.2, 0.25) is 0 Å². The van der Waals surface area contributed by atoms with Gasteiger partial charge in [0.15, 0.2) is 23.4 Å². The van der Waals surface area contributed by atoms with E-state index in [4.69, 9.17) is 18.9 Å². The summed E-state index contributed by atoms with van der Waals surface area (Å²) in [6.45, 7) is 9.18. The van der Waals surface area contributed by atoms with Gasteiger partial charge >= 0.3 is 17.9 Å². The normalized spacial score (nSPS) is 45.0. The Morgan fingerprint density at radius 2 is 1.71 bits per heavy atom. The molecule has 11 unspecified atom stereocenters. The Hall–Kier alpha value is -2.31. The van der Waals surface area contributed by atoms with Crippen molar-refractivity contribution < 1.29 is 53.8 Å². The molecule has 0 aromatic rings. The predicted octanol–water partition coefficient (Wildman–Crippen LogP) is 1.63. The molecule has 0 radical (unpaired) electrons. The van der Waals surface area contributed by atoms with Crippen LogP contribution in [0.1, 0.15) is 80.1 Å². The molecule has 0 aromatic heterocycles. The van der Waals surface area contributed by atoms with E-state index in [1.54, 1.807) is 6.92 Å². The van der Waals surface area contributed by atoms with Crippen molar-refractivity contribution in [3.05, 3.63) is 23.8 Å². The quantitative estimate of drug-likeness (QED) is 0.108. The Morgan fingerprint density at radius 3 is 2.32 bits per heavy atom. The molecule has 41 heavy (non-hydrogen) atoms. The van der Waals surface area contributed by atoms with Crippen LogP contribution in [0.15, 0.2) is 23.8 Å². The van der Waals surface area contributed by atoms with Gasteiger partial charge in [-0.15, -0.1) is 0 Å². The number of aliphatic hydroxyl groups is 4. The Morgan fingerprint density at radius 1 is 1.05 bits per heavy atom. The highest BCUT2D eigenvalue weighted by Gasteiger charge is 2.87. The molecule has 230 valence electrons. The monoisotopic (exact) mass is 580 g/mol. The van der Waals surface area contributed by atoms with E-state index in [0.29, 0.717) is 12.0 Å². The number of ether oxygens (including phenoxy) is 4. The third kappa shape index (κ3) is 5.03. The van der Waals surface area contributed by atoms with E-state index in [-0.39, 0.29) is 6.42 Å². The number of carbonyl (C=O) groups excluding carboxylic acids is 3. The van der Waals surface area contributed by atoms with Gasteiger partial charge in [-0.1, -0.05) is 51.7 Å². The van der Waals surface area contributed by atoms with Gasteiger partial charge < -0.3 is 39.4 Å². The lowest BCUT2D eigenvalue weighted by atomic mass is 9.55. The summed E-state index contributed by atoms with van der Waals surface area (Å²) < 4.78 is 23.3. The first-order valence-electron chi connectivity index (χ1n) is 14.5. The zero-order valence-electron chi connectivity index (χ0n) is 24.7. The van der Waals surface area contributed by atoms with Gasteiger partial charge in [-0.3, -0.25) is 9.59 Å². The summed E-state index contributed by atoms with van der Waals surface area (Å²) in [7, 11) is 0. The van der Waals surface area contributed by atoms with Crippen molar-refractivity contribution >= 4 is 17.9 Å². The van der Waals surface area contributed by atoms with Crippen LogP contribution in [0.4, 0.5) is 0 Å². The molecule has 4 N–H and O–H groups in total. The van der Waals surface area contributed by atoms with Crippen LogP contribution in [-0.2, 0) is 33.3 Å². The van der Waals surface area contributed by atoms with Crippen LogP contribution in [0.3, 0.4) is 0 Å². The van der Waals surface area contributed by atoms with Crippen molar-refractivity contribution in [2.45, 2.75) is 133 Å². The molecule has 2 aliphatic heterocycles. The van der Waals surface area contributed by atoms with E-state index in [9.17, 15) is 34.8 Å². The van der Waals surface area contributed by atoms with E-state index in [0.717, 1.165) is 32.6 Å². The largest absolute Gasteiger partial charge is 0.459 e. The van der Waals surface area contributed by atoms with Crippen molar-refractivity contribution in [3.8, 4) is 0 Å². The van der Waals surface area contributed by atoms with Crippen LogP contribution in [0.2, 0.25) is 0 Å². The molecule has 1 spiro atoms. The van der Waals surface area contributed by atoms with E-state index < -0.39 is 82.7 Å². The number of hydrogen-bond donors (Lipinski definition) is 4. The lowest BCUT2D eigenvalue weighted by molar-refractivity contribution is -0.220. The molecule has 4 rings (SSSR count). The van der Waals surface area contributed by atoms with Crippen molar-refractivity contribution in [2.24, 2.45) is 11.3 Å². The minimum Gasteiger partial charge on any atom is -0.459 e. The van der Waals surface area contributed by atoms with Crippen molar-refractivity contribution in [2.75, 3.05) is 0 Å². The molecule has 11 heteroatoms. The Labute approximate surface area is 240 Å². The summed E-state index contributed by atoms with van der Waals surface area (Å²) in [6, 6.07) is 0. The van der Waals surface area contributed by atoms with Gasteiger partial charge in [0, 0.05) is 24.7 Å². The van der Waals surface area contributed by atoms with Crippen LogP contribution >= 0.6 is 0 Å². The number of epoxide rings is 1. The second kappa shape index (κ2) is 11.1. The van der Waals surface area contributed by atoms with Gasteiger partial charge in [-0.2, -0.15) is 0 Å². The first kappa shape index (κ1) is 31.6. The lowest BCUT2D eigenvalue weighted by Crippen LogP contribution is -2.68. The molecule has 0 aromatic carbocycles. The standard InChI is InChI=1S/C30H44O11/c1-7-8-9-10-11-12-20(33)40-22-16(2)15-19-30(29(6,41-30)26(36)39-19)25(38-17(3)31)23-27(4,24(35)21(22)34)14-13-18(32)28(23,5)37/h13-15,18-19,21-25,32,34-35,37H,7-12H2,1-6H3. The van der Waals surface area contributed by atoms with Crippen LogP contribution < -0.4 is 0 Å². The number of unbranched alkanes of at least 4 members (excludes halogenated alkanes) is 4. The molecule has 4 aliphatic rings. The first-order valence-corrected chi connectivity index (χ1v) is 14.5. The molecule has 2 fully saturated rings. The molecule has 11 nitrogen and oxygen atoms in total.